The van der Waals surface area contributed by atoms with E-state index in [-0.39, 0.29) is 6.10 Å². The number of benzene rings is 2. The van der Waals surface area contributed by atoms with Crippen LogP contribution in [0.1, 0.15) is 19.4 Å². The summed E-state index contributed by atoms with van der Waals surface area (Å²) in [5.41, 5.74) is 4.25. The van der Waals surface area contributed by atoms with Crippen LogP contribution >= 0.6 is 0 Å². The maximum absolute atomic E-state index is 5.76. The van der Waals surface area contributed by atoms with E-state index in [0.717, 1.165) is 33.7 Å². The van der Waals surface area contributed by atoms with E-state index >= 15 is 0 Å². The standard InChI is InChI=1S/C17H18N2O/c1-11(2)20-16-9-8-13(10-12(16)3)17-18-14-6-4-5-7-15(14)19-17/h4-11H,1-3H3,(H,18,19). The number of hydrogen-bond donors (Lipinski definition) is 1. The van der Waals surface area contributed by atoms with Crippen molar-refractivity contribution >= 4 is 11.0 Å². The molecule has 0 aliphatic rings. The minimum Gasteiger partial charge on any atom is -0.491 e. The van der Waals surface area contributed by atoms with Gasteiger partial charge in [0.2, 0.25) is 0 Å². The Labute approximate surface area is 118 Å². The van der Waals surface area contributed by atoms with Crippen molar-refractivity contribution in [3.8, 4) is 17.1 Å². The molecule has 1 heterocycles. The highest BCUT2D eigenvalue weighted by atomic mass is 16.5. The summed E-state index contributed by atoms with van der Waals surface area (Å²) in [4.78, 5) is 7.97. The van der Waals surface area contributed by atoms with Crippen molar-refractivity contribution in [1.82, 2.24) is 9.97 Å². The van der Waals surface area contributed by atoms with Gasteiger partial charge in [0.05, 0.1) is 17.1 Å². The van der Waals surface area contributed by atoms with Crippen LogP contribution < -0.4 is 4.74 Å². The van der Waals surface area contributed by atoms with Crippen molar-refractivity contribution < 1.29 is 4.74 Å². The minimum atomic E-state index is 0.186. The summed E-state index contributed by atoms with van der Waals surface area (Å²) in [5, 5.41) is 0. The van der Waals surface area contributed by atoms with Crippen LogP contribution in [0, 0.1) is 6.92 Å². The molecule has 0 saturated carbocycles. The molecule has 0 amide bonds. The van der Waals surface area contributed by atoms with Crippen molar-refractivity contribution in [2.75, 3.05) is 0 Å². The summed E-state index contributed by atoms with van der Waals surface area (Å²) < 4.78 is 5.76. The number of hydrogen-bond acceptors (Lipinski definition) is 2. The second-order valence-electron chi connectivity index (χ2n) is 5.25. The number of imidazole rings is 1. The summed E-state index contributed by atoms with van der Waals surface area (Å²) in [7, 11) is 0. The van der Waals surface area contributed by atoms with Gasteiger partial charge in [-0.2, -0.15) is 0 Å². The molecule has 0 saturated heterocycles. The zero-order chi connectivity index (χ0) is 14.1. The third kappa shape index (κ3) is 2.39. The highest BCUT2D eigenvalue weighted by Crippen LogP contribution is 2.26. The van der Waals surface area contributed by atoms with Gasteiger partial charge in [0.15, 0.2) is 0 Å². The SMILES string of the molecule is Cc1cc(-c2nc3ccccc3[nH]2)ccc1OC(C)C. The lowest BCUT2D eigenvalue weighted by atomic mass is 10.1. The fourth-order valence-electron chi connectivity index (χ4n) is 2.27. The largest absolute Gasteiger partial charge is 0.491 e. The Morgan fingerprint density at radius 2 is 1.90 bits per heavy atom. The van der Waals surface area contributed by atoms with Gasteiger partial charge < -0.3 is 9.72 Å². The van der Waals surface area contributed by atoms with E-state index < -0.39 is 0 Å². The molecule has 102 valence electrons. The molecule has 3 nitrogen and oxygen atoms in total. The van der Waals surface area contributed by atoms with E-state index in [1.807, 2.05) is 50.2 Å². The van der Waals surface area contributed by atoms with E-state index in [4.69, 9.17) is 4.74 Å². The third-order valence-electron chi connectivity index (χ3n) is 3.20. The predicted octanol–water partition coefficient (Wildman–Crippen LogP) is 4.33. The molecule has 20 heavy (non-hydrogen) atoms. The van der Waals surface area contributed by atoms with E-state index in [0.29, 0.717) is 0 Å². The molecule has 0 atom stereocenters. The van der Waals surface area contributed by atoms with Gasteiger partial charge in [-0.15, -0.1) is 0 Å². The Kier molecular flexibility index (Phi) is 3.18. The second-order valence-corrected chi connectivity index (χ2v) is 5.25. The predicted molar refractivity (Wildman–Crippen MR) is 82.0 cm³/mol. The fraction of sp³-hybridized carbons (Fsp3) is 0.235. The molecule has 0 radical (unpaired) electrons. The van der Waals surface area contributed by atoms with Gasteiger partial charge in [-0.1, -0.05) is 12.1 Å². The smallest absolute Gasteiger partial charge is 0.138 e. The zero-order valence-electron chi connectivity index (χ0n) is 12.0. The molecular formula is C17H18N2O. The van der Waals surface area contributed by atoms with Crippen LogP contribution in [0.25, 0.3) is 22.4 Å². The highest BCUT2D eigenvalue weighted by molar-refractivity contribution is 5.79. The molecule has 3 aromatic rings. The number of fused-ring (bicyclic) bond motifs is 1. The number of aryl methyl sites for hydroxylation is 1. The van der Waals surface area contributed by atoms with E-state index in [2.05, 4.69) is 23.0 Å². The summed E-state index contributed by atoms with van der Waals surface area (Å²) in [6.07, 6.45) is 0.186. The molecule has 0 unspecified atom stereocenters. The second kappa shape index (κ2) is 5.00. The highest BCUT2D eigenvalue weighted by Gasteiger charge is 2.08. The molecule has 0 bridgehead atoms. The normalized spacial score (nSPS) is 11.2. The zero-order valence-corrected chi connectivity index (χ0v) is 12.0. The van der Waals surface area contributed by atoms with Crippen LogP contribution in [0.5, 0.6) is 5.75 Å². The lowest BCUT2D eigenvalue weighted by Crippen LogP contribution is -2.06. The average Bonchev–Trinajstić information content (AvgIpc) is 2.84. The first-order valence-electron chi connectivity index (χ1n) is 6.86. The molecule has 3 rings (SSSR count). The van der Waals surface area contributed by atoms with Gasteiger partial charge in [0, 0.05) is 5.56 Å². The monoisotopic (exact) mass is 266 g/mol. The van der Waals surface area contributed by atoms with Crippen LogP contribution in [-0.2, 0) is 0 Å². The van der Waals surface area contributed by atoms with Gasteiger partial charge in [0.25, 0.3) is 0 Å². The Bertz CT molecular complexity index is 711. The maximum Gasteiger partial charge on any atom is 0.138 e. The number of aromatic nitrogens is 2. The van der Waals surface area contributed by atoms with Gasteiger partial charge >= 0.3 is 0 Å². The Hall–Kier alpha value is -2.29. The Morgan fingerprint density at radius 1 is 1.10 bits per heavy atom. The molecule has 2 aromatic carbocycles. The van der Waals surface area contributed by atoms with Crippen molar-refractivity contribution in [3.05, 3.63) is 48.0 Å². The minimum absolute atomic E-state index is 0.186. The number of nitrogens with one attached hydrogen (secondary N) is 1. The van der Waals surface area contributed by atoms with Crippen LogP contribution in [-0.4, -0.2) is 16.1 Å². The van der Waals surface area contributed by atoms with Gasteiger partial charge in [0.1, 0.15) is 11.6 Å². The quantitative estimate of drug-likeness (QED) is 0.766. The third-order valence-corrected chi connectivity index (χ3v) is 3.20. The summed E-state index contributed by atoms with van der Waals surface area (Å²) in [6, 6.07) is 14.2. The molecule has 0 aliphatic carbocycles. The van der Waals surface area contributed by atoms with Gasteiger partial charge in [-0.05, 0) is 56.7 Å². The molecule has 0 aliphatic heterocycles. The molecule has 0 spiro atoms. The summed E-state index contributed by atoms with van der Waals surface area (Å²) in [5.74, 6) is 1.82. The number of rotatable bonds is 3. The van der Waals surface area contributed by atoms with Crippen molar-refractivity contribution in [3.63, 3.8) is 0 Å². The summed E-state index contributed by atoms with van der Waals surface area (Å²) in [6.45, 7) is 6.13. The average molecular weight is 266 g/mol. The number of ether oxygens (including phenoxy) is 1. The lowest BCUT2D eigenvalue weighted by Gasteiger charge is -2.12. The van der Waals surface area contributed by atoms with Crippen molar-refractivity contribution in [2.24, 2.45) is 0 Å². The fourth-order valence-corrected chi connectivity index (χ4v) is 2.27. The van der Waals surface area contributed by atoms with Gasteiger partial charge in [-0.3, -0.25) is 0 Å². The van der Waals surface area contributed by atoms with Crippen LogP contribution in [0.3, 0.4) is 0 Å². The lowest BCUT2D eigenvalue weighted by molar-refractivity contribution is 0.241. The van der Waals surface area contributed by atoms with Crippen molar-refractivity contribution in [2.45, 2.75) is 26.9 Å². The van der Waals surface area contributed by atoms with Crippen LogP contribution in [0.2, 0.25) is 0 Å². The number of H-pyrrole nitrogens is 1. The number of aromatic amines is 1. The molecular weight excluding hydrogens is 248 g/mol. The van der Waals surface area contributed by atoms with Crippen LogP contribution in [0.4, 0.5) is 0 Å². The Morgan fingerprint density at radius 3 is 2.60 bits per heavy atom. The molecule has 0 fully saturated rings. The van der Waals surface area contributed by atoms with Crippen molar-refractivity contribution in [1.29, 1.82) is 0 Å². The topological polar surface area (TPSA) is 37.9 Å². The number of para-hydroxylation sites is 2. The summed E-state index contributed by atoms with van der Waals surface area (Å²) >= 11 is 0. The first-order chi connectivity index (χ1) is 9.63. The van der Waals surface area contributed by atoms with Crippen LogP contribution in [0.15, 0.2) is 42.5 Å². The Balaban J connectivity index is 1.99. The van der Waals surface area contributed by atoms with E-state index in [1.165, 1.54) is 0 Å². The molecule has 1 aromatic heterocycles. The first kappa shape index (κ1) is 12.7. The number of nitrogens with zero attached hydrogens (tertiary/aromatic N) is 1. The maximum atomic E-state index is 5.76. The molecule has 3 heteroatoms. The van der Waals surface area contributed by atoms with E-state index in [9.17, 15) is 0 Å². The van der Waals surface area contributed by atoms with E-state index in [1.54, 1.807) is 0 Å². The van der Waals surface area contributed by atoms with Gasteiger partial charge in [-0.25, -0.2) is 4.98 Å². The molecule has 1 N–H and O–H groups in total. The first-order valence-corrected chi connectivity index (χ1v) is 6.86.